The Kier molecular flexibility index (Phi) is 5.24. The highest BCUT2D eigenvalue weighted by Crippen LogP contribution is 2.20. The van der Waals surface area contributed by atoms with Gasteiger partial charge in [0.15, 0.2) is 0 Å². The van der Waals surface area contributed by atoms with Crippen molar-refractivity contribution < 1.29 is 13.9 Å². The molecular formula is C15H20N4O3S. The van der Waals surface area contributed by atoms with Crippen LogP contribution in [0, 0.1) is 0 Å². The molecule has 1 amide bonds. The molecule has 1 saturated heterocycles. The predicted molar refractivity (Wildman–Crippen MR) is 86.7 cm³/mol. The summed E-state index contributed by atoms with van der Waals surface area (Å²) >= 11 is 1.38. The summed E-state index contributed by atoms with van der Waals surface area (Å²) in [6.45, 7) is 2.10. The van der Waals surface area contributed by atoms with Gasteiger partial charge in [-0.15, -0.1) is 0 Å². The number of furan rings is 1. The highest BCUT2D eigenvalue weighted by molar-refractivity contribution is 7.09. The molecule has 0 bridgehead atoms. The van der Waals surface area contributed by atoms with Gasteiger partial charge in [0.2, 0.25) is 5.13 Å². The van der Waals surface area contributed by atoms with Crippen LogP contribution in [0.5, 0.6) is 0 Å². The van der Waals surface area contributed by atoms with Crippen LogP contribution in [0.2, 0.25) is 0 Å². The van der Waals surface area contributed by atoms with Gasteiger partial charge in [0.05, 0.1) is 18.4 Å². The summed E-state index contributed by atoms with van der Waals surface area (Å²) in [5.74, 6) is 0.849. The van der Waals surface area contributed by atoms with Crippen LogP contribution in [0.15, 0.2) is 23.0 Å². The second kappa shape index (κ2) is 7.56. The second-order valence-corrected chi connectivity index (χ2v) is 6.23. The van der Waals surface area contributed by atoms with Crippen molar-refractivity contribution in [3.63, 3.8) is 0 Å². The van der Waals surface area contributed by atoms with E-state index in [9.17, 15) is 4.79 Å². The van der Waals surface area contributed by atoms with Crippen LogP contribution in [-0.2, 0) is 11.2 Å². The van der Waals surface area contributed by atoms with Gasteiger partial charge in [0.25, 0.3) is 5.91 Å². The Morgan fingerprint density at radius 3 is 3.04 bits per heavy atom. The standard InChI is InChI=1S/C15H20N4O3S/c1-21-8-5-13-17-15(23-18-13)16-12-2-6-19(7-3-12)14(20)11-4-9-22-10-11/h4,9-10,12H,2-3,5-8H2,1H3,(H,16,17,18). The first-order valence-electron chi connectivity index (χ1n) is 7.66. The van der Waals surface area contributed by atoms with Crippen LogP contribution >= 0.6 is 11.5 Å². The van der Waals surface area contributed by atoms with Gasteiger partial charge < -0.3 is 19.4 Å². The SMILES string of the molecule is COCCc1nsc(NC2CCN(C(=O)c3ccoc3)CC2)n1. The van der Waals surface area contributed by atoms with Crippen molar-refractivity contribution in [3.05, 3.63) is 30.0 Å². The highest BCUT2D eigenvalue weighted by atomic mass is 32.1. The number of rotatable bonds is 6. The van der Waals surface area contributed by atoms with E-state index in [2.05, 4.69) is 14.7 Å². The highest BCUT2D eigenvalue weighted by Gasteiger charge is 2.24. The molecule has 0 spiro atoms. The van der Waals surface area contributed by atoms with Crippen LogP contribution in [0.25, 0.3) is 0 Å². The minimum atomic E-state index is 0.0370. The van der Waals surface area contributed by atoms with Crippen LogP contribution in [0.3, 0.4) is 0 Å². The number of amides is 1. The molecule has 3 heterocycles. The predicted octanol–water partition coefficient (Wildman–Crippen LogP) is 2.04. The topological polar surface area (TPSA) is 80.5 Å². The molecule has 124 valence electrons. The monoisotopic (exact) mass is 336 g/mol. The molecule has 0 radical (unpaired) electrons. The van der Waals surface area contributed by atoms with E-state index in [1.165, 1.54) is 24.1 Å². The Labute approximate surface area is 138 Å². The number of ether oxygens (including phenoxy) is 1. The van der Waals surface area contributed by atoms with Crippen molar-refractivity contribution >= 4 is 22.6 Å². The van der Waals surface area contributed by atoms with Crippen molar-refractivity contribution in [2.45, 2.75) is 25.3 Å². The van der Waals surface area contributed by atoms with Gasteiger partial charge in [0, 0.05) is 44.2 Å². The number of carbonyl (C=O) groups excluding carboxylic acids is 1. The lowest BCUT2D eigenvalue weighted by Gasteiger charge is -2.32. The lowest BCUT2D eigenvalue weighted by atomic mass is 10.0. The van der Waals surface area contributed by atoms with E-state index < -0.39 is 0 Å². The van der Waals surface area contributed by atoms with E-state index in [1.807, 2.05) is 4.90 Å². The van der Waals surface area contributed by atoms with Gasteiger partial charge in [0.1, 0.15) is 12.1 Å². The zero-order valence-corrected chi connectivity index (χ0v) is 13.8. The first kappa shape index (κ1) is 15.9. The fraction of sp³-hybridized carbons (Fsp3) is 0.533. The van der Waals surface area contributed by atoms with E-state index in [0.29, 0.717) is 18.2 Å². The maximum absolute atomic E-state index is 12.2. The summed E-state index contributed by atoms with van der Waals surface area (Å²) in [6.07, 6.45) is 5.55. The molecule has 0 atom stereocenters. The second-order valence-electron chi connectivity index (χ2n) is 5.48. The number of hydrogen-bond acceptors (Lipinski definition) is 7. The van der Waals surface area contributed by atoms with Gasteiger partial charge in [-0.05, 0) is 18.9 Å². The summed E-state index contributed by atoms with van der Waals surface area (Å²) in [5.41, 5.74) is 0.614. The zero-order valence-electron chi connectivity index (χ0n) is 13.0. The third-order valence-corrected chi connectivity index (χ3v) is 4.56. The Morgan fingerprint density at radius 2 is 2.35 bits per heavy atom. The van der Waals surface area contributed by atoms with Gasteiger partial charge in [-0.1, -0.05) is 0 Å². The summed E-state index contributed by atoms with van der Waals surface area (Å²) in [6, 6.07) is 2.03. The van der Waals surface area contributed by atoms with E-state index >= 15 is 0 Å². The summed E-state index contributed by atoms with van der Waals surface area (Å²) in [4.78, 5) is 18.6. The van der Waals surface area contributed by atoms with E-state index in [1.54, 1.807) is 13.2 Å². The molecule has 0 aliphatic carbocycles. The van der Waals surface area contributed by atoms with E-state index in [0.717, 1.165) is 43.3 Å². The number of aromatic nitrogens is 2. The number of methoxy groups -OCH3 is 1. The third-order valence-electron chi connectivity index (χ3n) is 3.88. The molecule has 1 N–H and O–H groups in total. The van der Waals surface area contributed by atoms with Crippen molar-refractivity contribution in [3.8, 4) is 0 Å². The summed E-state index contributed by atoms with van der Waals surface area (Å²) in [5, 5.41) is 4.26. The van der Waals surface area contributed by atoms with Crippen LogP contribution in [0.4, 0.5) is 5.13 Å². The van der Waals surface area contributed by atoms with Gasteiger partial charge in [-0.25, -0.2) is 4.98 Å². The molecule has 1 aliphatic rings. The number of anilines is 1. The molecule has 1 aliphatic heterocycles. The average molecular weight is 336 g/mol. The number of nitrogens with one attached hydrogen (secondary N) is 1. The maximum atomic E-state index is 12.2. The Bertz CT molecular complexity index is 620. The number of nitrogens with zero attached hydrogens (tertiary/aromatic N) is 3. The molecule has 3 rings (SSSR count). The van der Waals surface area contributed by atoms with Crippen LogP contribution in [-0.4, -0.2) is 53.0 Å². The molecule has 7 nitrogen and oxygen atoms in total. The summed E-state index contributed by atoms with van der Waals surface area (Å²) < 4.78 is 14.3. The molecular weight excluding hydrogens is 316 g/mol. The number of hydrogen-bond donors (Lipinski definition) is 1. The smallest absolute Gasteiger partial charge is 0.257 e. The molecule has 1 fully saturated rings. The lowest BCUT2D eigenvalue weighted by Crippen LogP contribution is -2.42. The van der Waals surface area contributed by atoms with Gasteiger partial charge in [-0.2, -0.15) is 4.37 Å². The lowest BCUT2D eigenvalue weighted by molar-refractivity contribution is 0.0718. The van der Waals surface area contributed by atoms with Crippen molar-refractivity contribution in [2.75, 3.05) is 32.1 Å². The van der Waals surface area contributed by atoms with Crippen molar-refractivity contribution in [1.82, 2.24) is 14.3 Å². The van der Waals surface area contributed by atoms with E-state index in [4.69, 9.17) is 9.15 Å². The minimum absolute atomic E-state index is 0.0370. The van der Waals surface area contributed by atoms with Crippen LogP contribution < -0.4 is 5.32 Å². The van der Waals surface area contributed by atoms with Crippen molar-refractivity contribution in [2.24, 2.45) is 0 Å². The Hall–Kier alpha value is -1.93. The molecule has 0 saturated carbocycles. The largest absolute Gasteiger partial charge is 0.472 e. The Morgan fingerprint density at radius 1 is 1.52 bits per heavy atom. The van der Waals surface area contributed by atoms with E-state index in [-0.39, 0.29) is 5.91 Å². The maximum Gasteiger partial charge on any atom is 0.257 e. The number of carbonyl (C=O) groups is 1. The molecule has 8 heteroatoms. The van der Waals surface area contributed by atoms with Crippen LogP contribution in [0.1, 0.15) is 29.0 Å². The quantitative estimate of drug-likeness (QED) is 0.869. The zero-order chi connectivity index (χ0) is 16.1. The summed E-state index contributed by atoms with van der Waals surface area (Å²) in [7, 11) is 1.67. The first-order chi connectivity index (χ1) is 11.3. The molecule has 23 heavy (non-hydrogen) atoms. The number of likely N-dealkylation sites (tertiary alicyclic amines) is 1. The van der Waals surface area contributed by atoms with Gasteiger partial charge >= 0.3 is 0 Å². The molecule has 2 aromatic heterocycles. The molecule has 2 aromatic rings. The fourth-order valence-electron chi connectivity index (χ4n) is 2.58. The Balaban J connectivity index is 1.47. The normalized spacial score (nSPS) is 15.8. The first-order valence-corrected chi connectivity index (χ1v) is 8.43. The number of piperidine rings is 1. The average Bonchev–Trinajstić information content (AvgIpc) is 3.25. The fourth-order valence-corrected chi connectivity index (χ4v) is 3.27. The minimum Gasteiger partial charge on any atom is -0.472 e. The third kappa shape index (κ3) is 4.08. The molecule has 0 aromatic carbocycles. The van der Waals surface area contributed by atoms with Crippen molar-refractivity contribution in [1.29, 1.82) is 0 Å². The van der Waals surface area contributed by atoms with Gasteiger partial charge in [-0.3, -0.25) is 4.79 Å². The molecule has 0 unspecified atom stereocenters.